The third-order valence-corrected chi connectivity index (χ3v) is 7.58. The first-order chi connectivity index (χ1) is 16.7. The molecular weight excluding hydrogens is 444 g/mol. The molecule has 0 heterocycles. The zero-order chi connectivity index (χ0) is 25.2. The van der Waals surface area contributed by atoms with Crippen molar-refractivity contribution in [3.63, 3.8) is 0 Å². The van der Waals surface area contributed by atoms with E-state index >= 15 is 0 Å². The molecule has 35 heavy (non-hydrogen) atoms. The summed E-state index contributed by atoms with van der Waals surface area (Å²) in [7, 11) is 0. The van der Waals surface area contributed by atoms with Crippen LogP contribution in [-0.4, -0.2) is 41.8 Å². The molecule has 2 amide bonds. The highest BCUT2D eigenvalue weighted by atomic mass is 16.5. The van der Waals surface area contributed by atoms with Crippen LogP contribution in [0.15, 0.2) is 48.5 Å². The second-order valence-electron chi connectivity index (χ2n) is 10.2. The molecule has 0 aromatic heterocycles. The van der Waals surface area contributed by atoms with Crippen LogP contribution < -0.4 is 10.6 Å². The predicted molar refractivity (Wildman–Crippen MR) is 133 cm³/mol. The van der Waals surface area contributed by atoms with Crippen LogP contribution in [0.1, 0.15) is 63.5 Å². The van der Waals surface area contributed by atoms with Crippen molar-refractivity contribution in [3.05, 3.63) is 59.7 Å². The molecule has 7 nitrogen and oxygen atoms in total. The molecule has 3 N–H and O–H groups in total. The monoisotopic (exact) mass is 478 g/mol. The summed E-state index contributed by atoms with van der Waals surface area (Å²) in [5.41, 5.74) is 3.68. The summed E-state index contributed by atoms with van der Waals surface area (Å²) in [4.78, 5) is 37.7. The second kappa shape index (κ2) is 10.1. The largest absolute Gasteiger partial charge is 0.480 e. The third-order valence-electron chi connectivity index (χ3n) is 7.58. The molecule has 2 aromatic rings. The van der Waals surface area contributed by atoms with Crippen LogP contribution in [-0.2, 0) is 14.3 Å². The van der Waals surface area contributed by atoms with Crippen LogP contribution in [0.2, 0.25) is 0 Å². The quantitative estimate of drug-likeness (QED) is 0.535. The number of amides is 2. The van der Waals surface area contributed by atoms with Gasteiger partial charge in [0.2, 0.25) is 5.91 Å². The zero-order valence-corrected chi connectivity index (χ0v) is 20.5. The number of carbonyl (C=O) groups excluding carboxylic acids is 2. The van der Waals surface area contributed by atoms with Crippen molar-refractivity contribution in [1.29, 1.82) is 0 Å². The average molecular weight is 479 g/mol. The fourth-order valence-corrected chi connectivity index (χ4v) is 5.44. The maximum absolute atomic E-state index is 13.2. The molecule has 2 aliphatic rings. The van der Waals surface area contributed by atoms with E-state index < -0.39 is 29.6 Å². The number of hydrogen-bond donors (Lipinski definition) is 3. The smallest absolute Gasteiger partial charge is 0.407 e. The summed E-state index contributed by atoms with van der Waals surface area (Å²) in [5, 5.41) is 15.1. The first kappa shape index (κ1) is 24.8. The highest BCUT2D eigenvalue weighted by molar-refractivity contribution is 5.88. The van der Waals surface area contributed by atoms with Gasteiger partial charge in [-0.2, -0.15) is 0 Å². The van der Waals surface area contributed by atoms with Crippen LogP contribution in [0, 0.1) is 11.3 Å². The van der Waals surface area contributed by atoms with Gasteiger partial charge >= 0.3 is 12.1 Å². The Balaban J connectivity index is 1.43. The Morgan fingerprint density at radius 3 is 2.20 bits per heavy atom. The lowest BCUT2D eigenvalue weighted by atomic mass is 9.70. The lowest BCUT2D eigenvalue weighted by Crippen LogP contribution is -2.58. The molecule has 186 valence electrons. The van der Waals surface area contributed by atoms with E-state index in [9.17, 15) is 19.5 Å². The minimum Gasteiger partial charge on any atom is -0.480 e. The molecule has 0 bridgehead atoms. The minimum atomic E-state index is -1.06. The Labute approximate surface area is 206 Å². The van der Waals surface area contributed by atoms with Crippen molar-refractivity contribution < 1.29 is 24.2 Å². The van der Waals surface area contributed by atoms with Gasteiger partial charge in [-0.3, -0.25) is 4.79 Å². The molecule has 7 heteroatoms. The molecular formula is C28H34N2O5. The number of rotatable bonds is 7. The lowest BCUT2D eigenvalue weighted by Gasteiger charge is -2.41. The number of carboxylic acid groups (broad SMARTS) is 1. The zero-order valence-electron chi connectivity index (χ0n) is 20.5. The average Bonchev–Trinajstić information content (AvgIpc) is 3.16. The maximum Gasteiger partial charge on any atom is 0.407 e. The van der Waals surface area contributed by atoms with Gasteiger partial charge < -0.3 is 20.5 Å². The Morgan fingerprint density at radius 2 is 1.63 bits per heavy atom. The van der Waals surface area contributed by atoms with Gasteiger partial charge in [-0.05, 0) is 47.9 Å². The first-order valence-electron chi connectivity index (χ1n) is 12.4. The Bertz CT molecular complexity index is 1070. The van der Waals surface area contributed by atoms with Gasteiger partial charge in [-0.25, -0.2) is 9.59 Å². The number of hydrogen-bond acceptors (Lipinski definition) is 4. The summed E-state index contributed by atoms with van der Waals surface area (Å²) >= 11 is 0. The number of aliphatic carboxylic acids is 1. The fourth-order valence-electron chi connectivity index (χ4n) is 5.44. The van der Waals surface area contributed by atoms with Crippen LogP contribution in [0.3, 0.4) is 0 Å². The van der Waals surface area contributed by atoms with Crippen LogP contribution in [0.5, 0.6) is 0 Å². The number of nitrogens with one attached hydrogen (secondary N) is 2. The van der Waals surface area contributed by atoms with Gasteiger partial charge in [0, 0.05) is 12.0 Å². The van der Waals surface area contributed by atoms with E-state index in [1.807, 2.05) is 24.3 Å². The molecule has 1 saturated carbocycles. The highest BCUT2D eigenvalue weighted by Crippen LogP contribution is 2.44. The number of benzene rings is 2. The van der Waals surface area contributed by atoms with E-state index in [2.05, 4.69) is 34.9 Å². The molecule has 1 fully saturated rings. The van der Waals surface area contributed by atoms with Crippen LogP contribution >= 0.6 is 0 Å². The molecule has 0 saturated heterocycles. The topological polar surface area (TPSA) is 105 Å². The van der Waals surface area contributed by atoms with Crippen molar-refractivity contribution in [2.45, 2.75) is 64.5 Å². The lowest BCUT2D eigenvalue weighted by molar-refractivity contribution is -0.146. The van der Waals surface area contributed by atoms with Crippen molar-refractivity contribution in [1.82, 2.24) is 10.6 Å². The van der Waals surface area contributed by atoms with Gasteiger partial charge in [-0.1, -0.05) is 75.2 Å². The summed E-state index contributed by atoms with van der Waals surface area (Å²) in [6.45, 7) is 5.52. The van der Waals surface area contributed by atoms with E-state index in [-0.39, 0.29) is 24.3 Å². The van der Waals surface area contributed by atoms with Crippen molar-refractivity contribution in [2.24, 2.45) is 11.3 Å². The first-order valence-corrected chi connectivity index (χ1v) is 12.4. The van der Waals surface area contributed by atoms with Gasteiger partial charge in [-0.15, -0.1) is 0 Å². The number of carbonyl (C=O) groups is 3. The molecule has 4 rings (SSSR count). The molecule has 0 radical (unpaired) electrons. The van der Waals surface area contributed by atoms with Gasteiger partial charge in [0.1, 0.15) is 12.6 Å². The molecule has 2 aliphatic carbocycles. The standard InChI is InChI=1S/C28H34N2O5/c1-17(2)24(25(31)32)30-26(33)28(3)15-9-8-14-23(28)29-27(34)35-16-22-20-12-6-4-10-18(20)19-11-5-7-13-21(19)22/h4-7,10-13,17,22-24H,8-9,14-16H2,1-3H3,(H,29,34)(H,30,33)(H,31,32)/t23?,24-,28?/m1/s1. The number of alkyl carbamates (subject to hydrolysis) is 1. The summed E-state index contributed by atoms with van der Waals surface area (Å²) < 4.78 is 5.70. The highest BCUT2D eigenvalue weighted by Gasteiger charge is 2.45. The summed E-state index contributed by atoms with van der Waals surface area (Å²) in [6, 6.07) is 14.9. The van der Waals surface area contributed by atoms with E-state index in [0.717, 1.165) is 35.1 Å². The third kappa shape index (κ3) is 4.90. The minimum absolute atomic E-state index is 0.0449. The van der Waals surface area contributed by atoms with Gasteiger partial charge in [0.05, 0.1) is 5.41 Å². The molecule has 3 atom stereocenters. The van der Waals surface area contributed by atoms with Crippen molar-refractivity contribution >= 4 is 18.0 Å². The van der Waals surface area contributed by atoms with E-state index in [1.165, 1.54) is 0 Å². The molecule has 2 unspecified atom stereocenters. The summed E-state index contributed by atoms with van der Waals surface area (Å²) in [6.07, 6.45) is 2.36. The van der Waals surface area contributed by atoms with E-state index in [1.54, 1.807) is 20.8 Å². The van der Waals surface area contributed by atoms with Crippen molar-refractivity contribution in [2.75, 3.05) is 6.61 Å². The summed E-state index contributed by atoms with van der Waals surface area (Å²) in [5.74, 6) is -1.70. The van der Waals surface area contributed by atoms with Crippen LogP contribution in [0.25, 0.3) is 11.1 Å². The van der Waals surface area contributed by atoms with Gasteiger partial charge in [0.25, 0.3) is 0 Å². The van der Waals surface area contributed by atoms with Crippen LogP contribution in [0.4, 0.5) is 4.79 Å². The molecule has 2 aromatic carbocycles. The van der Waals surface area contributed by atoms with E-state index in [0.29, 0.717) is 12.8 Å². The SMILES string of the molecule is CC(C)[C@@H](NC(=O)C1(C)CCCCC1NC(=O)OCC1c2ccccc2-c2ccccc21)C(=O)O. The molecule has 0 aliphatic heterocycles. The Kier molecular flexibility index (Phi) is 7.15. The second-order valence-corrected chi connectivity index (χ2v) is 10.2. The van der Waals surface area contributed by atoms with E-state index in [4.69, 9.17) is 4.74 Å². The number of carboxylic acids is 1. The number of ether oxygens (including phenoxy) is 1. The van der Waals surface area contributed by atoms with Gasteiger partial charge in [0.15, 0.2) is 0 Å². The Morgan fingerprint density at radius 1 is 1.03 bits per heavy atom. The normalized spacial score (nSPS) is 22.1. The molecule has 0 spiro atoms. The Hall–Kier alpha value is -3.35. The fraction of sp³-hybridized carbons (Fsp3) is 0.464. The van der Waals surface area contributed by atoms with Crippen molar-refractivity contribution in [3.8, 4) is 11.1 Å². The predicted octanol–water partition coefficient (Wildman–Crippen LogP) is 4.70. The maximum atomic E-state index is 13.2. The number of fused-ring (bicyclic) bond motifs is 3.